The summed E-state index contributed by atoms with van der Waals surface area (Å²) in [6.07, 6.45) is -4.41. The summed E-state index contributed by atoms with van der Waals surface area (Å²) in [5, 5.41) is 4.79. The van der Waals surface area contributed by atoms with Crippen LogP contribution in [0.5, 0.6) is 0 Å². The largest absolute Gasteiger partial charge is 0.405 e. The molecule has 0 atom stereocenters. The van der Waals surface area contributed by atoms with Gasteiger partial charge in [0.1, 0.15) is 6.54 Å². The zero-order chi connectivity index (χ0) is 14.3. The van der Waals surface area contributed by atoms with Crippen LogP contribution in [0.25, 0.3) is 0 Å². The molecule has 1 aromatic carbocycles. The molecule has 0 bridgehead atoms. The van der Waals surface area contributed by atoms with Crippen molar-refractivity contribution in [2.45, 2.75) is 13.1 Å². The van der Waals surface area contributed by atoms with Crippen molar-refractivity contribution >= 4 is 11.6 Å². The summed E-state index contributed by atoms with van der Waals surface area (Å²) >= 11 is 0. The Kier molecular flexibility index (Phi) is 5.24. The minimum atomic E-state index is -4.41. The van der Waals surface area contributed by atoms with Crippen molar-refractivity contribution in [3.05, 3.63) is 29.8 Å². The second kappa shape index (κ2) is 6.69. The number of rotatable bonds is 4. The number of carbonyl (C=O) groups is 1. The van der Waals surface area contributed by atoms with E-state index in [9.17, 15) is 18.0 Å². The van der Waals surface area contributed by atoms with Gasteiger partial charge in [-0.2, -0.15) is 13.2 Å². The van der Waals surface area contributed by atoms with Gasteiger partial charge in [0, 0.05) is 11.3 Å². The van der Waals surface area contributed by atoms with Gasteiger partial charge in [0.15, 0.2) is 0 Å². The number of halogens is 3. The average Bonchev–Trinajstić information content (AvgIpc) is 2.36. The van der Waals surface area contributed by atoms with Crippen molar-refractivity contribution in [3.63, 3.8) is 0 Å². The zero-order valence-electron chi connectivity index (χ0n) is 10.3. The third kappa shape index (κ3) is 5.82. The third-order valence-corrected chi connectivity index (χ3v) is 2.15. The van der Waals surface area contributed by atoms with E-state index in [1.165, 1.54) is 12.1 Å². The molecule has 1 aromatic rings. The van der Waals surface area contributed by atoms with Crippen molar-refractivity contribution in [2.75, 3.05) is 18.4 Å². The molecule has 0 radical (unpaired) electrons. The Morgan fingerprint density at radius 2 is 1.89 bits per heavy atom. The van der Waals surface area contributed by atoms with Crippen molar-refractivity contribution in [1.82, 2.24) is 5.32 Å². The molecule has 0 saturated carbocycles. The fourth-order valence-electron chi connectivity index (χ4n) is 1.26. The number of carbonyl (C=O) groups excluding carboxylic acids is 1. The predicted octanol–water partition coefficient (Wildman–Crippen LogP) is 2.41. The summed E-state index contributed by atoms with van der Waals surface area (Å²) in [6, 6.07) is 6.13. The van der Waals surface area contributed by atoms with Gasteiger partial charge in [0.05, 0.1) is 6.54 Å². The number of benzene rings is 1. The van der Waals surface area contributed by atoms with Crippen LogP contribution in [0.15, 0.2) is 24.3 Å². The maximum absolute atomic E-state index is 11.9. The Morgan fingerprint density at radius 3 is 2.42 bits per heavy atom. The first-order valence-electron chi connectivity index (χ1n) is 5.51. The molecule has 0 saturated heterocycles. The molecule has 0 spiro atoms. The number of anilines is 1. The van der Waals surface area contributed by atoms with E-state index in [1.54, 1.807) is 24.4 Å². The molecular weight excluding hydrogens is 257 g/mol. The van der Waals surface area contributed by atoms with Crippen molar-refractivity contribution < 1.29 is 18.0 Å². The second-order valence-corrected chi connectivity index (χ2v) is 3.66. The van der Waals surface area contributed by atoms with Crippen LogP contribution in [0, 0.1) is 11.8 Å². The van der Waals surface area contributed by atoms with Crippen molar-refractivity contribution in [1.29, 1.82) is 0 Å². The Labute approximate surface area is 109 Å². The van der Waals surface area contributed by atoms with Crippen LogP contribution in [0.3, 0.4) is 0 Å². The second-order valence-electron chi connectivity index (χ2n) is 3.66. The van der Waals surface area contributed by atoms with Crippen LogP contribution < -0.4 is 10.6 Å². The van der Waals surface area contributed by atoms with E-state index in [0.29, 0.717) is 6.54 Å². The minimum Gasteiger partial charge on any atom is -0.374 e. The molecule has 0 aromatic heterocycles. The Hall–Kier alpha value is -2.16. The van der Waals surface area contributed by atoms with Gasteiger partial charge in [-0.15, -0.1) is 5.92 Å². The standard InChI is InChI=1S/C13H13F3N2O/c1-2-3-8-17-11-6-4-10(5-7-11)12(19)18-9-13(14,15)16/h4-7,17H,8-9H2,1H3,(H,18,19). The van der Waals surface area contributed by atoms with E-state index >= 15 is 0 Å². The smallest absolute Gasteiger partial charge is 0.374 e. The normalized spacial score (nSPS) is 10.3. The van der Waals surface area contributed by atoms with E-state index in [1.807, 2.05) is 0 Å². The van der Waals surface area contributed by atoms with Gasteiger partial charge < -0.3 is 10.6 Å². The van der Waals surface area contributed by atoms with Gasteiger partial charge in [-0.3, -0.25) is 4.79 Å². The predicted molar refractivity (Wildman–Crippen MR) is 66.8 cm³/mol. The summed E-state index contributed by atoms with van der Waals surface area (Å²) < 4.78 is 35.8. The van der Waals surface area contributed by atoms with Gasteiger partial charge in [-0.1, -0.05) is 5.92 Å². The summed E-state index contributed by atoms with van der Waals surface area (Å²) in [4.78, 5) is 11.4. The summed E-state index contributed by atoms with van der Waals surface area (Å²) in [7, 11) is 0. The van der Waals surface area contributed by atoms with E-state index in [4.69, 9.17) is 0 Å². The molecule has 2 N–H and O–H groups in total. The lowest BCUT2D eigenvalue weighted by Crippen LogP contribution is -2.33. The summed E-state index contributed by atoms with van der Waals surface area (Å²) in [5.41, 5.74) is 0.923. The number of nitrogens with one attached hydrogen (secondary N) is 2. The van der Waals surface area contributed by atoms with E-state index < -0.39 is 18.6 Å². The highest BCUT2D eigenvalue weighted by atomic mass is 19.4. The summed E-state index contributed by atoms with van der Waals surface area (Å²) in [5.74, 6) is 4.77. The molecule has 0 aliphatic heterocycles. The van der Waals surface area contributed by atoms with Crippen molar-refractivity contribution in [2.24, 2.45) is 0 Å². The third-order valence-electron chi connectivity index (χ3n) is 2.15. The van der Waals surface area contributed by atoms with Crippen LogP contribution in [0.4, 0.5) is 18.9 Å². The van der Waals surface area contributed by atoms with Crippen LogP contribution in [0.1, 0.15) is 17.3 Å². The fraction of sp³-hybridized carbons (Fsp3) is 0.308. The molecule has 0 aliphatic carbocycles. The van der Waals surface area contributed by atoms with Gasteiger partial charge in [0.2, 0.25) is 0 Å². The van der Waals surface area contributed by atoms with Crippen LogP contribution >= 0.6 is 0 Å². The first kappa shape index (κ1) is 14.9. The summed E-state index contributed by atoms with van der Waals surface area (Å²) in [6.45, 7) is 0.851. The van der Waals surface area contributed by atoms with E-state index in [2.05, 4.69) is 17.2 Å². The lowest BCUT2D eigenvalue weighted by Gasteiger charge is -2.09. The first-order chi connectivity index (χ1) is 8.92. The number of amides is 1. The maximum Gasteiger partial charge on any atom is 0.405 e. The van der Waals surface area contributed by atoms with Gasteiger partial charge in [-0.25, -0.2) is 0 Å². The highest BCUT2D eigenvalue weighted by Gasteiger charge is 2.27. The SMILES string of the molecule is CC#CCNc1ccc(C(=O)NCC(F)(F)F)cc1. The lowest BCUT2D eigenvalue weighted by molar-refractivity contribution is -0.123. The highest BCUT2D eigenvalue weighted by molar-refractivity contribution is 5.94. The monoisotopic (exact) mass is 270 g/mol. The molecule has 0 fully saturated rings. The fourth-order valence-corrected chi connectivity index (χ4v) is 1.26. The molecule has 0 aliphatic rings. The maximum atomic E-state index is 11.9. The van der Waals surface area contributed by atoms with Crippen LogP contribution in [-0.2, 0) is 0 Å². The molecule has 1 rings (SSSR count). The molecule has 3 nitrogen and oxygen atoms in total. The van der Waals surface area contributed by atoms with Gasteiger partial charge in [-0.05, 0) is 31.2 Å². The molecule has 19 heavy (non-hydrogen) atoms. The van der Waals surface area contributed by atoms with Crippen LogP contribution in [0.2, 0.25) is 0 Å². The van der Waals surface area contributed by atoms with Gasteiger partial charge >= 0.3 is 6.18 Å². The number of hydrogen-bond donors (Lipinski definition) is 2. The molecule has 1 amide bonds. The van der Waals surface area contributed by atoms with E-state index in [0.717, 1.165) is 5.69 Å². The number of hydrogen-bond acceptors (Lipinski definition) is 2. The molecular formula is C13H13F3N2O. The topological polar surface area (TPSA) is 41.1 Å². The zero-order valence-corrected chi connectivity index (χ0v) is 10.3. The molecule has 102 valence electrons. The Bertz CT molecular complexity index is 483. The first-order valence-corrected chi connectivity index (χ1v) is 5.51. The quantitative estimate of drug-likeness (QED) is 0.825. The number of alkyl halides is 3. The molecule has 0 unspecified atom stereocenters. The van der Waals surface area contributed by atoms with Gasteiger partial charge in [0.25, 0.3) is 5.91 Å². The van der Waals surface area contributed by atoms with Crippen molar-refractivity contribution in [3.8, 4) is 11.8 Å². The molecule has 6 heteroatoms. The van der Waals surface area contributed by atoms with Crippen LogP contribution in [-0.4, -0.2) is 25.2 Å². The van der Waals surface area contributed by atoms with E-state index in [-0.39, 0.29) is 5.56 Å². The highest BCUT2D eigenvalue weighted by Crippen LogP contribution is 2.13. The minimum absolute atomic E-state index is 0.177. The molecule has 0 heterocycles. The average molecular weight is 270 g/mol. The Morgan fingerprint density at radius 1 is 1.26 bits per heavy atom. The Balaban J connectivity index is 2.55. The lowest BCUT2D eigenvalue weighted by atomic mass is 10.2.